The Labute approximate surface area is 361 Å². The summed E-state index contributed by atoms with van der Waals surface area (Å²) in [6, 6.07) is 10.9. The minimum absolute atomic E-state index is 0.107. The van der Waals surface area contributed by atoms with E-state index in [1.807, 2.05) is 17.8 Å². The second-order valence-electron chi connectivity index (χ2n) is 17.7. The topological polar surface area (TPSA) is 155 Å². The summed E-state index contributed by atoms with van der Waals surface area (Å²) in [5, 5.41) is 15.4. The van der Waals surface area contributed by atoms with Gasteiger partial charge in [-0.25, -0.2) is 13.8 Å². The Balaban J connectivity index is 0.777. The van der Waals surface area contributed by atoms with E-state index in [2.05, 4.69) is 60.8 Å². The molecule has 3 aromatic heterocycles. The van der Waals surface area contributed by atoms with Crippen molar-refractivity contribution >= 4 is 74.0 Å². The molecule has 15 nitrogen and oxygen atoms in total. The molecule has 326 valence electrons. The molecule has 2 aromatic carbocycles. The Hall–Kier alpha value is -5.55. The first kappa shape index (κ1) is 40.5. The standard InChI is InChI=1S/C44H50ClF2N11O4/c1-24-21-58(17-16-57(24)22-25-12-14-56(15-13-25)28-7-8-29-34(19-28)55(3)53-36(29)30-9-11-35(59)50-41(30)60)43-48-20-32(45)40(52-43)49-27-6-10-33-31(18-27)37-38(42(61)54(33)2)62-23-44(46,47)39(51-37)26-4-5-26/h6-8,10,18-20,24-26,30,39,51H,4-5,9,11-17,21-23H2,1-3H3,(H,48,49,52)(H,50,59,60). The minimum Gasteiger partial charge on any atom is -0.480 e. The number of rotatable bonds is 8. The average molecular weight is 870 g/mol. The fourth-order valence-corrected chi connectivity index (χ4v) is 9.99. The molecule has 10 rings (SSSR count). The normalized spacial score (nSPS) is 23.5. The van der Waals surface area contributed by atoms with Crippen molar-refractivity contribution in [2.75, 3.05) is 66.3 Å². The van der Waals surface area contributed by atoms with Gasteiger partial charge < -0.3 is 29.7 Å². The highest BCUT2D eigenvalue weighted by molar-refractivity contribution is 6.33. The number of nitrogens with zero attached hydrogens (tertiary/aromatic N) is 8. The van der Waals surface area contributed by atoms with Crippen molar-refractivity contribution in [3.8, 4) is 5.75 Å². The van der Waals surface area contributed by atoms with Gasteiger partial charge in [-0.3, -0.25) is 29.3 Å². The molecule has 3 saturated heterocycles. The summed E-state index contributed by atoms with van der Waals surface area (Å²) in [4.78, 5) is 54.2. The highest BCUT2D eigenvalue weighted by Crippen LogP contribution is 2.46. The van der Waals surface area contributed by atoms with Gasteiger partial charge in [0.05, 0.1) is 40.6 Å². The number of piperidine rings is 2. The van der Waals surface area contributed by atoms with Gasteiger partial charge in [-0.15, -0.1) is 0 Å². The van der Waals surface area contributed by atoms with E-state index in [9.17, 15) is 14.4 Å². The lowest BCUT2D eigenvalue weighted by molar-refractivity contribution is -0.134. The van der Waals surface area contributed by atoms with Crippen LogP contribution >= 0.6 is 11.6 Å². The van der Waals surface area contributed by atoms with Crippen LogP contribution in [0, 0.1) is 11.8 Å². The van der Waals surface area contributed by atoms with Crippen molar-refractivity contribution in [2.24, 2.45) is 25.9 Å². The Bertz CT molecular complexity index is 2660. The van der Waals surface area contributed by atoms with Crippen molar-refractivity contribution in [1.29, 1.82) is 0 Å². The van der Waals surface area contributed by atoms with Crippen LogP contribution in [0.25, 0.3) is 21.8 Å². The number of benzene rings is 2. The predicted molar refractivity (Wildman–Crippen MR) is 234 cm³/mol. The van der Waals surface area contributed by atoms with Gasteiger partial charge in [-0.1, -0.05) is 11.6 Å². The van der Waals surface area contributed by atoms with Crippen LogP contribution in [0.3, 0.4) is 0 Å². The monoisotopic (exact) mass is 869 g/mol. The van der Waals surface area contributed by atoms with Gasteiger partial charge in [0.2, 0.25) is 23.5 Å². The summed E-state index contributed by atoms with van der Waals surface area (Å²) in [6.07, 6.45) is 5.95. The van der Waals surface area contributed by atoms with Crippen LogP contribution < -0.4 is 36.0 Å². The zero-order chi connectivity index (χ0) is 43.0. The van der Waals surface area contributed by atoms with E-state index in [1.54, 1.807) is 25.4 Å². The number of amides is 2. The molecule has 1 saturated carbocycles. The number of carbonyl (C=O) groups excluding carboxylic acids is 2. The molecule has 3 unspecified atom stereocenters. The van der Waals surface area contributed by atoms with Crippen LogP contribution in [0.15, 0.2) is 47.4 Å². The number of hydrogen-bond donors (Lipinski definition) is 3. The number of hydrogen-bond acceptors (Lipinski definition) is 12. The van der Waals surface area contributed by atoms with Crippen LogP contribution in [0.4, 0.5) is 37.6 Å². The van der Waals surface area contributed by atoms with Gasteiger partial charge >= 0.3 is 5.92 Å². The highest BCUT2D eigenvalue weighted by atomic mass is 35.5. The van der Waals surface area contributed by atoms with E-state index in [0.717, 1.165) is 74.4 Å². The van der Waals surface area contributed by atoms with Crippen LogP contribution in [0.5, 0.6) is 5.75 Å². The van der Waals surface area contributed by atoms with E-state index in [0.29, 0.717) is 65.0 Å². The highest BCUT2D eigenvalue weighted by Gasteiger charge is 2.51. The van der Waals surface area contributed by atoms with E-state index < -0.39 is 30.0 Å². The van der Waals surface area contributed by atoms with Gasteiger partial charge in [0.1, 0.15) is 5.02 Å². The summed E-state index contributed by atoms with van der Waals surface area (Å²) >= 11 is 6.65. The molecule has 7 heterocycles. The van der Waals surface area contributed by atoms with Gasteiger partial charge in [-0.05, 0) is 87.3 Å². The molecule has 62 heavy (non-hydrogen) atoms. The van der Waals surface area contributed by atoms with Gasteiger partial charge in [0.15, 0.2) is 12.4 Å². The lowest BCUT2D eigenvalue weighted by atomic mass is 9.92. The smallest absolute Gasteiger partial charge is 0.301 e. The van der Waals surface area contributed by atoms with E-state index in [-0.39, 0.29) is 35.2 Å². The Morgan fingerprint density at radius 2 is 1.76 bits per heavy atom. The molecule has 4 fully saturated rings. The SMILES string of the molecule is CC1CN(c2ncc(Cl)c(Nc3ccc4c(c3)c3c(c(=O)n4C)OCC(F)(F)C(C4CC4)N3)n2)CCN1CC1CCN(c2ccc3c(C4CCC(=O)NC4=O)nn(C)c3c2)CC1. The van der Waals surface area contributed by atoms with Gasteiger partial charge in [-0.2, -0.15) is 10.1 Å². The van der Waals surface area contributed by atoms with Crippen LogP contribution in [-0.2, 0) is 23.7 Å². The molecule has 5 aliphatic rings. The third-order valence-electron chi connectivity index (χ3n) is 13.6. The zero-order valence-electron chi connectivity index (χ0n) is 35.0. The summed E-state index contributed by atoms with van der Waals surface area (Å²) in [7, 11) is 3.51. The maximum absolute atomic E-state index is 15.2. The first-order valence-corrected chi connectivity index (χ1v) is 22.0. The maximum atomic E-state index is 15.2. The van der Waals surface area contributed by atoms with Crippen molar-refractivity contribution in [3.05, 3.63) is 63.7 Å². The van der Waals surface area contributed by atoms with Gasteiger partial charge in [0.25, 0.3) is 5.56 Å². The molecule has 0 bridgehead atoms. The average Bonchev–Trinajstić information content (AvgIpc) is 4.06. The number of fused-ring (bicyclic) bond motifs is 4. The molecule has 1 aliphatic carbocycles. The Kier molecular flexibility index (Phi) is 10.2. The third kappa shape index (κ3) is 7.46. The van der Waals surface area contributed by atoms with E-state index in [1.165, 1.54) is 4.57 Å². The number of nitrogens with one attached hydrogen (secondary N) is 3. The van der Waals surface area contributed by atoms with Crippen molar-refractivity contribution < 1.29 is 23.1 Å². The molecule has 5 aromatic rings. The number of aromatic nitrogens is 5. The van der Waals surface area contributed by atoms with E-state index >= 15 is 8.78 Å². The van der Waals surface area contributed by atoms with Crippen molar-refractivity contribution in [2.45, 2.75) is 69.4 Å². The molecule has 3 N–H and O–H groups in total. The van der Waals surface area contributed by atoms with Gasteiger partial charge in [0, 0.05) is 88.0 Å². The second kappa shape index (κ2) is 15.7. The van der Waals surface area contributed by atoms with Crippen molar-refractivity contribution in [1.82, 2.24) is 34.5 Å². The predicted octanol–water partition coefficient (Wildman–Crippen LogP) is 5.78. The number of anilines is 5. The first-order valence-electron chi connectivity index (χ1n) is 21.6. The lowest BCUT2D eigenvalue weighted by Gasteiger charge is -2.43. The molecule has 0 spiro atoms. The van der Waals surface area contributed by atoms with Crippen LogP contribution in [-0.4, -0.2) is 105 Å². The largest absolute Gasteiger partial charge is 0.480 e. The Morgan fingerprint density at radius 3 is 2.52 bits per heavy atom. The summed E-state index contributed by atoms with van der Waals surface area (Å²) in [6.45, 7) is 6.69. The number of halogens is 3. The Morgan fingerprint density at radius 1 is 0.952 bits per heavy atom. The number of pyridine rings is 1. The zero-order valence-corrected chi connectivity index (χ0v) is 35.7. The van der Waals surface area contributed by atoms with Crippen LogP contribution in [0.2, 0.25) is 5.02 Å². The molecular formula is C44H50ClF2N11O4. The molecule has 0 radical (unpaired) electrons. The number of alkyl halides is 2. The quantitative estimate of drug-likeness (QED) is 0.162. The molecule has 2 amide bonds. The fraction of sp³-hybridized carbons (Fsp3) is 0.500. The summed E-state index contributed by atoms with van der Waals surface area (Å²) in [5.74, 6) is -2.80. The van der Waals surface area contributed by atoms with Crippen molar-refractivity contribution in [3.63, 3.8) is 0 Å². The number of imide groups is 1. The lowest BCUT2D eigenvalue weighted by Crippen LogP contribution is -2.54. The molecule has 3 atom stereocenters. The maximum Gasteiger partial charge on any atom is 0.301 e. The summed E-state index contributed by atoms with van der Waals surface area (Å²) < 4.78 is 39.1. The first-order chi connectivity index (χ1) is 29.8. The van der Waals surface area contributed by atoms with Crippen LogP contribution in [0.1, 0.15) is 57.1 Å². The number of ether oxygens (including phenoxy) is 1. The fourth-order valence-electron chi connectivity index (χ4n) is 9.86. The molecule has 18 heteroatoms. The number of piperazine rings is 1. The minimum atomic E-state index is -3.13. The molecule has 4 aliphatic heterocycles. The third-order valence-corrected chi connectivity index (χ3v) is 13.8. The summed E-state index contributed by atoms with van der Waals surface area (Å²) in [5.41, 5.74) is 3.85. The van der Waals surface area contributed by atoms with E-state index in [4.69, 9.17) is 26.4 Å². The second-order valence-corrected chi connectivity index (χ2v) is 18.1. The molecular weight excluding hydrogens is 820 g/mol. The number of aryl methyl sites for hydroxylation is 2. The number of carbonyl (C=O) groups is 2.